The summed E-state index contributed by atoms with van der Waals surface area (Å²) in [5.74, 6) is -0.0550. The van der Waals surface area contributed by atoms with Crippen LogP contribution in [0.25, 0.3) is 0 Å². The number of amides is 3. The molecule has 1 aromatic carbocycles. The fraction of sp³-hybridized carbons (Fsp3) is 0.118. The summed E-state index contributed by atoms with van der Waals surface area (Å²) in [5, 5.41) is 4.69. The highest BCUT2D eigenvalue weighted by atomic mass is 19.4. The molecule has 2 heterocycles. The maximum absolute atomic E-state index is 12.6. The van der Waals surface area contributed by atoms with Crippen molar-refractivity contribution in [2.75, 3.05) is 10.6 Å². The molecule has 3 aromatic rings. The third kappa shape index (κ3) is 4.50. The van der Waals surface area contributed by atoms with E-state index in [1.807, 2.05) is 0 Å². The van der Waals surface area contributed by atoms with E-state index in [0.29, 0.717) is 11.6 Å². The van der Waals surface area contributed by atoms with Crippen LogP contribution in [0.5, 0.6) is 0 Å². The fourth-order valence-corrected chi connectivity index (χ4v) is 2.37. The maximum atomic E-state index is 12.6. The lowest BCUT2D eigenvalue weighted by Gasteiger charge is -2.09. The smallest absolute Gasteiger partial charge is 0.416 e. The van der Waals surface area contributed by atoms with Crippen molar-refractivity contribution in [3.63, 3.8) is 0 Å². The van der Waals surface area contributed by atoms with Gasteiger partial charge in [0.05, 0.1) is 18.2 Å². The van der Waals surface area contributed by atoms with Crippen LogP contribution in [-0.2, 0) is 12.6 Å². The van der Waals surface area contributed by atoms with Crippen molar-refractivity contribution >= 4 is 23.4 Å². The summed E-state index contributed by atoms with van der Waals surface area (Å²) in [5.41, 5.74) is 4.43. The number of hydrogen-bond donors (Lipinski definition) is 4. The predicted molar refractivity (Wildman–Crippen MR) is 92.7 cm³/mol. The Kier molecular flexibility index (Phi) is 5.07. The van der Waals surface area contributed by atoms with Gasteiger partial charge in [-0.15, -0.1) is 0 Å². The number of hydrogen-bond acceptors (Lipinski definition) is 4. The molecule has 0 aliphatic rings. The first kappa shape index (κ1) is 19.0. The van der Waals surface area contributed by atoms with E-state index in [4.69, 9.17) is 10.2 Å². The number of carbonyl (C=O) groups excluding carboxylic acids is 2. The molecule has 146 valence electrons. The van der Waals surface area contributed by atoms with Gasteiger partial charge in [-0.05, 0) is 36.4 Å². The summed E-state index contributed by atoms with van der Waals surface area (Å²) in [4.78, 5) is 30.5. The Labute approximate surface area is 155 Å². The molecule has 28 heavy (non-hydrogen) atoms. The van der Waals surface area contributed by atoms with Crippen molar-refractivity contribution in [1.82, 2.24) is 9.97 Å². The van der Waals surface area contributed by atoms with Gasteiger partial charge in [-0.2, -0.15) is 13.2 Å². The standard InChI is InChI=1S/C17H14F3N5O3/c18-17(19,20)9-3-5-10(6-4-9)22-16(27)25-15-13(14(21)26)23-12(24-15)8-11-2-1-7-28-11/h1-7H,8H2,(H2,21,26)(H,23,24)(H2,22,25,27). The third-order valence-corrected chi connectivity index (χ3v) is 3.62. The minimum absolute atomic E-state index is 0.113. The molecule has 3 amide bonds. The van der Waals surface area contributed by atoms with Crippen molar-refractivity contribution in [2.45, 2.75) is 12.6 Å². The molecule has 3 rings (SSSR count). The summed E-state index contributed by atoms with van der Waals surface area (Å²) >= 11 is 0. The first-order valence-corrected chi connectivity index (χ1v) is 7.88. The van der Waals surface area contributed by atoms with Gasteiger partial charge in [0.1, 0.15) is 17.3 Å². The number of halogens is 3. The van der Waals surface area contributed by atoms with Gasteiger partial charge in [0.2, 0.25) is 0 Å². The summed E-state index contributed by atoms with van der Waals surface area (Å²) in [6.45, 7) is 0. The van der Waals surface area contributed by atoms with E-state index in [0.717, 1.165) is 24.3 Å². The number of rotatable bonds is 5. The number of H-pyrrole nitrogens is 1. The molecular formula is C17H14F3N5O3. The first-order chi connectivity index (χ1) is 13.2. The van der Waals surface area contributed by atoms with Gasteiger partial charge < -0.3 is 20.5 Å². The molecule has 0 fully saturated rings. The van der Waals surface area contributed by atoms with E-state index >= 15 is 0 Å². The number of aromatic amines is 1. The highest BCUT2D eigenvalue weighted by Gasteiger charge is 2.30. The fourth-order valence-electron chi connectivity index (χ4n) is 2.37. The van der Waals surface area contributed by atoms with Gasteiger partial charge in [-0.25, -0.2) is 9.78 Å². The SMILES string of the molecule is NC(=O)c1[nH]c(Cc2ccco2)nc1NC(=O)Nc1ccc(C(F)(F)F)cc1. The normalized spacial score (nSPS) is 11.2. The average molecular weight is 393 g/mol. The van der Waals surface area contributed by atoms with E-state index in [-0.39, 0.29) is 23.6 Å². The number of imidazole rings is 1. The Bertz CT molecular complexity index is 979. The number of nitrogens with two attached hydrogens (primary N) is 1. The summed E-state index contributed by atoms with van der Waals surface area (Å²) < 4.78 is 42.9. The topological polar surface area (TPSA) is 126 Å². The van der Waals surface area contributed by atoms with Gasteiger partial charge in [-0.1, -0.05) is 0 Å². The van der Waals surface area contributed by atoms with Crippen LogP contribution < -0.4 is 16.4 Å². The monoisotopic (exact) mass is 393 g/mol. The van der Waals surface area contributed by atoms with Gasteiger partial charge in [0.15, 0.2) is 5.82 Å². The Balaban J connectivity index is 1.70. The Hall–Kier alpha value is -3.76. The Morgan fingerprint density at radius 1 is 1.14 bits per heavy atom. The number of benzene rings is 1. The lowest BCUT2D eigenvalue weighted by molar-refractivity contribution is -0.137. The Morgan fingerprint density at radius 2 is 1.86 bits per heavy atom. The number of anilines is 2. The van der Waals surface area contributed by atoms with Crippen LogP contribution in [0, 0.1) is 0 Å². The molecule has 0 saturated heterocycles. The molecule has 8 nitrogen and oxygen atoms in total. The Morgan fingerprint density at radius 3 is 2.43 bits per heavy atom. The van der Waals surface area contributed by atoms with Crippen molar-refractivity contribution in [1.29, 1.82) is 0 Å². The number of carbonyl (C=O) groups is 2. The maximum Gasteiger partial charge on any atom is 0.416 e. The van der Waals surface area contributed by atoms with Gasteiger partial charge in [0.25, 0.3) is 5.91 Å². The number of nitrogens with one attached hydrogen (secondary N) is 3. The number of nitrogens with zero attached hydrogens (tertiary/aromatic N) is 1. The second kappa shape index (κ2) is 7.47. The molecule has 0 aliphatic heterocycles. The van der Waals surface area contributed by atoms with Crippen molar-refractivity contribution < 1.29 is 27.2 Å². The molecule has 0 spiro atoms. The van der Waals surface area contributed by atoms with Crippen LogP contribution in [0.4, 0.5) is 29.5 Å². The number of urea groups is 1. The van der Waals surface area contributed by atoms with Gasteiger partial charge in [-0.3, -0.25) is 10.1 Å². The predicted octanol–water partition coefficient (Wildman–Crippen LogP) is 3.36. The van der Waals surface area contributed by atoms with Crippen LogP contribution in [0.1, 0.15) is 27.6 Å². The molecule has 11 heteroatoms. The first-order valence-electron chi connectivity index (χ1n) is 7.88. The van der Waals surface area contributed by atoms with E-state index in [2.05, 4.69) is 20.6 Å². The zero-order chi connectivity index (χ0) is 20.3. The van der Waals surface area contributed by atoms with E-state index in [1.165, 1.54) is 6.26 Å². The zero-order valence-corrected chi connectivity index (χ0v) is 14.1. The third-order valence-electron chi connectivity index (χ3n) is 3.62. The molecule has 0 saturated carbocycles. The number of furan rings is 1. The lowest BCUT2D eigenvalue weighted by Crippen LogP contribution is -2.22. The molecule has 0 aliphatic carbocycles. The minimum atomic E-state index is -4.48. The zero-order valence-electron chi connectivity index (χ0n) is 14.1. The minimum Gasteiger partial charge on any atom is -0.469 e. The van der Waals surface area contributed by atoms with Crippen LogP contribution in [0.2, 0.25) is 0 Å². The molecule has 2 aromatic heterocycles. The molecular weight excluding hydrogens is 379 g/mol. The highest BCUT2D eigenvalue weighted by molar-refractivity contribution is 6.04. The van der Waals surface area contributed by atoms with Crippen molar-refractivity contribution in [2.24, 2.45) is 5.73 Å². The van der Waals surface area contributed by atoms with Crippen LogP contribution in [0.15, 0.2) is 47.1 Å². The highest BCUT2D eigenvalue weighted by Crippen LogP contribution is 2.29. The summed E-state index contributed by atoms with van der Waals surface area (Å²) in [7, 11) is 0. The second-order valence-corrected chi connectivity index (χ2v) is 5.68. The van der Waals surface area contributed by atoms with Crippen LogP contribution in [-0.4, -0.2) is 21.9 Å². The number of aromatic nitrogens is 2. The quantitative estimate of drug-likeness (QED) is 0.530. The van der Waals surface area contributed by atoms with E-state index < -0.39 is 23.7 Å². The van der Waals surface area contributed by atoms with Crippen molar-refractivity contribution in [3.8, 4) is 0 Å². The number of primary amides is 1. The summed E-state index contributed by atoms with van der Waals surface area (Å²) in [6, 6.07) is 6.45. The number of alkyl halides is 3. The largest absolute Gasteiger partial charge is 0.469 e. The van der Waals surface area contributed by atoms with E-state index in [9.17, 15) is 22.8 Å². The van der Waals surface area contributed by atoms with Crippen LogP contribution in [0.3, 0.4) is 0 Å². The van der Waals surface area contributed by atoms with E-state index in [1.54, 1.807) is 12.1 Å². The lowest BCUT2D eigenvalue weighted by atomic mass is 10.2. The molecule has 0 bridgehead atoms. The van der Waals surface area contributed by atoms with Gasteiger partial charge >= 0.3 is 12.2 Å². The van der Waals surface area contributed by atoms with Crippen LogP contribution >= 0.6 is 0 Å². The molecule has 5 N–H and O–H groups in total. The van der Waals surface area contributed by atoms with Gasteiger partial charge in [0, 0.05) is 5.69 Å². The van der Waals surface area contributed by atoms with Crippen molar-refractivity contribution in [3.05, 3.63) is 65.5 Å². The molecule has 0 unspecified atom stereocenters. The average Bonchev–Trinajstić information content (AvgIpc) is 3.25. The molecule has 0 atom stereocenters. The summed E-state index contributed by atoms with van der Waals surface area (Å²) in [6.07, 6.45) is -2.77. The second-order valence-electron chi connectivity index (χ2n) is 5.68. The molecule has 0 radical (unpaired) electrons.